The van der Waals surface area contributed by atoms with Crippen LogP contribution in [0.5, 0.6) is 0 Å². The number of aromatic nitrogens is 5. The fraction of sp³-hybridized carbons (Fsp3) is 0.440. The maximum atomic E-state index is 12.5. The van der Waals surface area contributed by atoms with Gasteiger partial charge in [-0.05, 0) is 30.4 Å². The summed E-state index contributed by atoms with van der Waals surface area (Å²) in [6, 6.07) is 4.16. The second-order valence-electron chi connectivity index (χ2n) is 10.6. The summed E-state index contributed by atoms with van der Waals surface area (Å²) in [7, 11) is -6.43. The van der Waals surface area contributed by atoms with E-state index in [1.165, 1.54) is 30.0 Å². The Morgan fingerprint density at radius 3 is 2.54 bits per heavy atom. The first kappa shape index (κ1) is 26.1. The topological polar surface area (TPSA) is 140 Å². The van der Waals surface area contributed by atoms with Gasteiger partial charge < -0.3 is 10.2 Å². The summed E-state index contributed by atoms with van der Waals surface area (Å²) in [5, 5.41) is 9.24. The zero-order chi connectivity index (χ0) is 27.5. The lowest BCUT2D eigenvalue weighted by molar-refractivity contribution is 0.445. The van der Waals surface area contributed by atoms with E-state index in [9.17, 15) is 16.8 Å². The average Bonchev–Trinajstić information content (AvgIpc) is 3.41. The van der Waals surface area contributed by atoms with Gasteiger partial charge in [-0.1, -0.05) is 31.3 Å². The van der Waals surface area contributed by atoms with E-state index in [0.717, 1.165) is 31.2 Å². The van der Waals surface area contributed by atoms with E-state index in [-0.39, 0.29) is 22.8 Å². The lowest BCUT2D eigenvalue weighted by Crippen LogP contribution is -2.49. The first-order valence-corrected chi connectivity index (χ1v) is 17.1. The number of nitrogens with zero attached hydrogens (tertiary/aromatic N) is 6. The second kappa shape index (κ2) is 9.52. The third kappa shape index (κ3) is 5.24. The number of sulfone groups is 1. The molecule has 0 amide bonds. The Morgan fingerprint density at radius 1 is 1.08 bits per heavy atom. The molecular weight excluding hydrogens is 559 g/mol. The van der Waals surface area contributed by atoms with Crippen LogP contribution in [0.4, 0.5) is 16.6 Å². The van der Waals surface area contributed by atoms with Crippen molar-refractivity contribution < 1.29 is 16.8 Å². The summed E-state index contributed by atoms with van der Waals surface area (Å²) < 4.78 is 49.3. The number of nitrogens with one attached hydrogen (secondary N) is 1. The van der Waals surface area contributed by atoms with Gasteiger partial charge in [-0.2, -0.15) is 9.19 Å². The SMILES string of the molecule is CC(C)c1ccc(N2CC(CS(C)(=O)=O)C2)c2cnc(Nc3cnc(-c4cnn(S(=O)(=O)C5CC5)c4)s3)nc12. The van der Waals surface area contributed by atoms with E-state index in [0.29, 0.717) is 42.5 Å². The fourth-order valence-electron chi connectivity index (χ4n) is 4.88. The summed E-state index contributed by atoms with van der Waals surface area (Å²) in [6.45, 7) is 5.61. The molecule has 0 atom stereocenters. The molecule has 0 bridgehead atoms. The van der Waals surface area contributed by atoms with Crippen LogP contribution < -0.4 is 10.2 Å². The monoisotopic (exact) mass is 587 g/mol. The maximum absolute atomic E-state index is 12.5. The van der Waals surface area contributed by atoms with Crippen LogP contribution in [0.2, 0.25) is 0 Å². The molecule has 1 saturated carbocycles. The number of hydrogen-bond donors (Lipinski definition) is 1. The molecule has 1 saturated heterocycles. The lowest BCUT2D eigenvalue weighted by Gasteiger charge is -2.41. The minimum absolute atomic E-state index is 0.128. The van der Waals surface area contributed by atoms with E-state index in [1.807, 2.05) is 6.20 Å². The van der Waals surface area contributed by atoms with Gasteiger partial charge in [0.15, 0.2) is 0 Å². The molecule has 1 aliphatic heterocycles. The van der Waals surface area contributed by atoms with Gasteiger partial charge in [0, 0.05) is 48.1 Å². The molecule has 4 heterocycles. The van der Waals surface area contributed by atoms with Crippen LogP contribution >= 0.6 is 11.3 Å². The number of rotatable bonds is 9. The Morgan fingerprint density at radius 2 is 1.85 bits per heavy atom. The molecule has 1 aromatic carbocycles. The van der Waals surface area contributed by atoms with Gasteiger partial charge >= 0.3 is 0 Å². The number of thiazole rings is 1. The molecule has 2 fully saturated rings. The normalized spacial score (nSPS) is 16.7. The van der Waals surface area contributed by atoms with Gasteiger partial charge in [0.1, 0.15) is 19.8 Å². The molecular formula is C25H29N7O4S3. The van der Waals surface area contributed by atoms with Crippen LogP contribution in [0.25, 0.3) is 21.5 Å². The van der Waals surface area contributed by atoms with Crippen LogP contribution in [0.15, 0.2) is 36.9 Å². The zero-order valence-corrected chi connectivity index (χ0v) is 24.2. The molecule has 206 valence electrons. The Kier molecular flexibility index (Phi) is 6.38. The first-order valence-electron chi connectivity index (χ1n) is 12.7. The molecule has 11 nitrogen and oxygen atoms in total. The Hall–Kier alpha value is -3.10. The average molecular weight is 588 g/mol. The standard InChI is InChI=1S/C25H29N7O4S3/c1-15(2)19-6-7-21(31-11-16(12-31)14-38(3,33)34)20-9-27-25(30-23(19)20)29-22-10-26-24(37-22)17-8-28-32(13-17)39(35,36)18-4-5-18/h6-10,13,15-16,18H,4-5,11-12,14H2,1-3H3,(H,27,29,30). The summed E-state index contributed by atoms with van der Waals surface area (Å²) in [5.41, 5.74) is 3.58. The Bertz CT molecular complexity index is 1770. The van der Waals surface area contributed by atoms with Gasteiger partial charge in [0.25, 0.3) is 10.0 Å². The zero-order valence-electron chi connectivity index (χ0n) is 21.8. The molecule has 14 heteroatoms. The van der Waals surface area contributed by atoms with Crippen molar-refractivity contribution in [3.05, 3.63) is 42.5 Å². The van der Waals surface area contributed by atoms with E-state index in [2.05, 4.69) is 51.3 Å². The molecule has 2 aliphatic rings. The lowest BCUT2D eigenvalue weighted by atomic mass is 9.96. The van der Waals surface area contributed by atoms with Gasteiger partial charge in [-0.15, -0.1) is 0 Å². The number of benzene rings is 1. The third-order valence-corrected chi connectivity index (χ3v) is 11.0. The highest BCUT2D eigenvalue weighted by Crippen LogP contribution is 2.37. The third-order valence-electron chi connectivity index (χ3n) is 6.97. The summed E-state index contributed by atoms with van der Waals surface area (Å²) in [4.78, 5) is 16.0. The van der Waals surface area contributed by atoms with Crippen molar-refractivity contribution in [3.8, 4) is 10.6 Å². The molecule has 3 aromatic heterocycles. The fourth-order valence-corrected chi connectivity index (χ4v) is 8.21. The molecule has 1 aliphatic carbocycles. The van der Waals surface area contributed by atoms with Gasteiger partial charge in [-0.3, -0.25) is 0 Å². The van der Waals surface area contributed by atoms with Crippen LogP contribution in [0.3, 0.4) is 0 Å². The second-order valence-corrected chi connectivity index (χ2v) is 15.9. The van der Waals surface area contributed by atoms with Crippen molar-refractivity contribution in [1.82, 2.24) is 24.1 Å². The molecule has 6 rings (SSSR count). The highest BCUT2D eigenvalue weighted by Gasteiger charge is 2.37. The van der Waals surface area contributed by atoms with Crippen molar-refractivity contribution in [2.24, 2.45) is 5.92 Å². The van der Waals surface area contributed by atoms with Crippen molar-refractivity contribution in [3.63, 3.8) is 0 Å². The number of hydrogen-bond acceptors (Lipinski definition) is 11. The van der Waals surface area contributed by atoms with Crippen LogP contribution in [0.1, 0.15) is 38.2 Å². The van der Waals surface area contributed by atoms with E-state index >= 15 is 0 Å². The minimum Gasteiger partial charge on any atom is -0.370 e. The molecule has 39 heavy (non-hydrogen) atoms. The molecule has 0 unspecified atom stereocenters. The molecule has 0 radical (unpaired) electrons. The smallest absolute Gasteiger partial charge is 0.256 e. The maximum Gasteiger partial charge on any atom is 0.256 e. The van der Waals surface area contributed by atoms with E-state index < -0.39 is 19.9 Å². The summed E-state index contributed by atoms with van der Waals surface area (Å²) in [6.07, 6.45) is 9.14. The van der Waals surface area contributed by atoms with Crippen molar-refractivity contribution in [1.29, 1.82) is 0 Å². The first-order chi connectivity index (χ1) is 18.5. The quantitative estimate of drug-likeness (QED) is 0.309. The minimum atomic E-state index is -3.43. The van der Waals surface area contributed by atoms with Crippen LogP contribution in [0, 0.1) is 5.92 Å². The Labute approximate surface area is 231 Å². The predicted molar refractivity (Wildman–Crippen MR) is 153 cm³/mol. The number of anilines is 3. The van der Waals surface area contributed by atoms with Crippen molar-refractivity contribution in [2.45, 2.75) is 37.9 Å². The summed E-state index contributed by atoms with van der Waals surface area (Å²) in [5.74, 6) is 1.01. The number of fused-ring (bicyclic) bond motifs is 1. The largest absolute Gasteiger partial charge is 0.370 e. The molecule has 0 spiro atoms. The van der Waals surface area contributed by atoms with Gasteiger partial charge in [0.05, 0.1) is 35.1 Å². The van der Waals surface area contributed by atoms with Crippen LogP contribution in [-0.4, -0.2) is 71.3 Å². The van der Waals surface area contributed by atoms with Crippen molar-refractivity contribution in [2.75, 3.05) is 35.3 Å². The van der Waals surface area contributed by atoms with Gasteiger partial charge in [-0.25, -0.2) is 31.8 Å². The van der Waals surface area contributed by atoms with Crippen molar-refractivity contribution >= 4 is 58.7 Å². The summed E-state index contributed by atoms with van der Waals surface area (Å²) >= 11 is 1.36. The van der Waals surface area contributed by atoms with E-state index in [4.69, 9.17) is 4.98 Å². The van der Waals surface area contributed by atoms with E-state index in [1.54, 1.807) is 6.20 Å². The highest BCUT2D eigenvalue weighted by molar-refractivity contribution is 7.90. The molecule has 1 N–H and O–H groups in total. The van der Waals surface area contributed by atoms with Crippen LogP contribution in [-0.2, 0) is 19.9 Å². The highest BCUT2D eigenvalue weighted by atomic mass is 32.2. The molecule has 4 aromatic rings. The Balaban J connectivity index is 1.24. The van der Waals surface area contributed by atoms with Gasteiger partial charge in [0.2, 0.25) is 5.95 Å². The predicted octanol–water partition coefficient (Wildman–Crippen LogP) is 3.64.